The quantitative estimate of drug-likeness (QED) is 0.761. The van der Waals surface area contributed by atoms with Gasteiger partial charge in [0, 0.05) is 23.5 Å². The van der Waals surface area contributed by atoms with Gasteiger partial charge in [-0.05, 0) is 67.8 Å². The number of carbonyl (C=O) groups excluding carboxylic acids is 1. The number of thiophene rings is 1. The van der Waals surface area contributed by atoms with E-state index in [1.165, 1.54) is 49.9 Å². The molecule has 1 amide bonds. The molecule has 1 aromatic carbocycles. The Morgan fingerprint density at radius 2 is 2.00 bits per heavy atom. The van der Waals surface area contributed by atoms with Gasteiger partial charge in [0.2, 0.25) is 0 Å². The van der Waals surface area contributed by atoms with Crippen molar-refractivity contribution >= 4 is 17.2 Å². The second-order valence-corrected chi connectivity index (χ2v) is 9.65. The summed E-state index contributed by atoms with van der Waals surface area (Å²) in [5, 5.41) is 16.4. The fourth-order valence-corrected chi connectivity index (χ4v) is 5.70. The van der Waals surface area contributed by atoms with E-state index in [9.17, 15) is 14.3 Å². The van der Waals surface area contributed by atoms with Gasteiger partial charge in [-0.2, -0.15) is 0 Å². The molecule has 1 aromatic heterocycles. The summed E-state index contributed by atoms with van der Waals surface area (Å²) in [6, 6.07) is 9.16. The van der Waals surface area contributed by atoms with Crippen LogP contribution < -0.4 is 5.32 Å². The maximum Gasteiger partial charge on any atom is 0.251 e. The van der Waals surface area contributed by atoms with Crippen LogP contribution in [0.4, 0.5) is 4.39 Å². The molecule has 1 aliphatic carbocycles. The summed E-state index contributed by atoms with van der Waals surface area (Å²) < 4.78 is 13.2. The number of carbonyl (C=O) groups is 1. The van der Waals surface area contributed by atoms with E-state index in [2.05, 4.69) is 16.3 Å². The first-order chi connectivity index (χ1) is 13.9. The highest BCUT2D eigenvalue weighted by atomic mass is 32.1. The van der Waals surface area contributed by atoms with Gasteiger partial charge in [-0.3, -0.25) is 9.69 Å². The molecule has 2 aliphatic rings. The molecule has 3 unspecified atom stereocenters. The van der Waals surface area contributed by atoms with Crippen LogP contribution in [0.25, 0.3) is 0 Å². The van der Waals surface area contributed by atoms with Crippen LogP contribution in [-0.4, -0.2) is 40.6 Å². The molecule has 1 aliphatic heterocycles. The predicted octanol–water partition coefficient (Wildman–Crippen LogP) is 4.37. The van der Waals surface area contributed by atoms with Gasteiger partial charge in [0.15, 0.2) is 0 Å². The predicted molar refractivity (Wildman–Crippen MR) is 113 cm³/mol. The van der Waals surface area contributed by atoms with Crippen molar-refractivity contribution in [2.45, 2.75) is 56.7 Å². The normalized spacial score (nSPS) is 28.5. The summed E-state index contributed by atoms with van der Waals surface area (Å²) in [7, 11) is 0. The first-order valence-corrected chi connectivity index (χ1v) is 11.4. The molecule has 0 spiro atoms. The number of aliphatic hydroxyl groups is 1. The SMILES string of the molecule is CC1(O)CCN(CC2CCCC2)C(c2cccs2)C1NC(=O)c1ccc(F)cc1. The number of piperidine rings is 1. The zero-order valence-corrected chi connectivity index (χ0v) is 17.6. The molecular formula is C23H29FN2O2S. The van der Waals surface area contributed by atoms with E-state index in [4.69, 9.17) is 0 Å². The van der Waals surface area contributed by atoms with Crippen molar-refractivity contribution in [1.29, 1.82) is 0 Å². The molecular weight excluding hydrogens is 387 g/mol. The summed E-state index contributed by atoms with van der Waals surface area (Å²) in [6.45, 7) is 3.63. The minimum atomic E-state index is -1.02. The van der Waals surface area contributed by atoms with E-state index in [1.807, 2.05) is 18.4 Å². The van der Waals surface area contributed by atoms with Crippen LogP contribution in [0.5, 0.6) is 0 Å². The van der Waals surface area contributed by atoms with Crippen LogP contribution in [0, 0.1) is 11.7 Å². The van der Waals surface area contributed by atoms with Gasteiger partial charge in [0.05, 0.1) is 17.7 Å². The van der Waals surface area contributed by atoms with Gasteiger partial charge in [0.25, 0.3) is 5.91 Å². The first-order valence-electron chi connectivity index (χ1n) is 10.5. The zero-order chi connectivity index (χ0) is 20.4. The third kappa shape index (κ3) is 4.55. The summed E-state index contributed by atoms with van der Waals surface area (Å²) in [4.78, 5) is 16.5. The average molecular weight is 417 g/mol. The number of amides is 1. The van der Waals surface area contributed by atoms with E-state index < -0.39 is 11.6 Å². The van der Waals surface area contributed by atoms with Crippen molar-refractivity contribution in [3.05, 3.63) is 58.0 Å². The molecule has 4 nitrogen and oxygen atoms in total. The lowest BCUT2D eigenvalue weighted by Gasteiger charge is -2.49. The van der Waals surface area contributed by atoms with E-state index in [0.29, 0.717) is 17.9 Å². The number of nitrogens with one attached hydrogen (secondary N) is 1. The lowest BCUT2D eigenvalue weighted by molar-refractivity contribution is -0.0663. The molecule has 3 atom stereocenters. The van der Waals surface area contributed by atoms with E-state index in [1.54, 1.807) is 11.3 Å². The summed E-state index contributed by atoms with van der Waals surface area (Å²) >= 11 is 1.67. The number of hydrogen-bond acceptors (Lipinski definition) is 4. The second kappa shape index (κ2) is 8.54. The molecule has 4 rings (SSSR count). The molecule has 2 heterocycles. The Kier molecular flexibility index (Phi) is 6.04. The number of benzene rings is 1. The topological polar surface area (TPSA) is 52.6 Å². The number of nitrogens with zero attached hydrogens (tertiary/aromatic N) is 1. The summed E-state index contributed by atoms with van der Waals surface area (Å²) in [5.74, 6) is 0.0407. The number of likely N-dealkylation sites (tertiary alicyclic amines) is 1. The van der Waals surface area contributed by atoms with E-state index in [0.717, 1.165) is 18.0 Å². The molecule has 2 aromatic rings. The largest absolute Gasteiger partial charge is 0.388 e. The molecule has 2 fully saturated rings. The number of hydrogen-bond donors (Lipinski definition) is 2. The highest BCUT2D eigenvalue weighted by molar-refractivity contribution is 7.10. The fraction of sp³-hybridized carbons (Fsp3) is 0.522. The Bertz CT molecular complexity index is 816. The maximum atomic E-state index is 13.2. The smallest absolute Gasteiger partial charge is 0.251 e. The minimum Gasteiger partial charge on any atom is -0.388 e. The van der Waals surface area contributed by atoms with Gasteiger partial charge >= 0.3 is 0 Å². The Hall–Kier alpha value is -1.76. The van der Waals surface area contributed by atoms with Crippen molar-refractivity contribution < 1.29 is 14.3 Å². The van der Waals surface area contributed by atoms with E-state index >= 15 is 0 Å². The van der Waals surface area contributed by atoms with Crippen LogP contribution in [0.2, 0.25) is 0 Å². The Balaban J connectivity index is 1.61. The highest BCUT2D eigenvalue weighted by Crippen LogP contribution is 2.40. The van der Waals surface area contributed by atoms with Crippen molar-refractivity contribution in [3.8, 4) is 0 Å². The van der Waals surface area contributed by atoms with Gasteiger partial charge in [-0.1, -0.05) is 18.9 Å². The zero-order valence-electron chi connectivity index (χ0n) is 16.8. The molecule has 0 bridgehead atoms. The van der Waals surface area contributed by atoms with Crippen LogP contribution in [0.1, 0.15) is 60.3 Å². The molecule has 1 saturated carbocycles. The standard InChI is InChI=1S/C23H29FN2O2S/c1-23(28)12-13-26(15-16-5-2-3-6-16)20(19-7-4-14-29-19)21(23)25-22(27)17-8-10-18(24)11-9-17/h4,7-11,14,16,20-21,28H,2-3,5-6,12-13,15H2,1H3,(H,25,27). The van der Waals surface area contributed by atoms with Crippen molar-refractivity contribution in [2.75, 3.05) is 13.1 Å². The van der Waals surface area contributed by atoms with Crippen molar-refractivity contribution in [3.63, 3.8) is 0 Å². The van der Waals surface area contributed by atoms with Gasteiger partial charge < -0.3 is 10.4 Å². The van der Waals surface area contributed by atoms with Gasteiger partial charge in [-0.25, -0.2) is 4.39 Å². The maximum absolute atomic E-state index is 13.2. The van der Waals surface area contributed by atoms with Crippen LogP contribution in [-0.2, 0) is 0 Å². The van der Waals surface area contributed by atoms with Gasteiger partial charge in [-0.15, -0.1) is 11.3 Å². The molecule has 0 radical (unpaired) electrons. The minimum absolute atomic E-state index is 0.0660. The lowest BCUT2D eigenvalue weighted by Crippen LogP contribution is -2.62. The monoisotopic (exact) mass is 416 g/mol. The van der Waals surface area contributed by atoms with Crippen LogP contribution >= 0.6 is 11.3 Å². The summed E-state index contributed by atoms with van der Waals surface area (Å²) in [6.07, 6.45) is 5.72. The average Bonchev–Trinajstić information content (AvgIpc) is 3.39. The van der Waals surface area contributed by atoms with Crippen molar-refractivity contribution in [1.82, 2.24) is 10.2 Å². The first kappa shape index (κ1) is 20.5. The molecule has 1 saturated heterocycles. The summed E-state index contributed by atoms with van der Waals surface area (Å²) in [5.41, 5.74) is -0.615. The Labute approximate surface area is 175 Å². The van der Waals surface area contributed by atoms with Crippen LogP contribution in [0.15, 0.2) is 41.8 Å². The third-order valence-electron chi connectivity index (χ3n) is 6.48. The van der Waals surface area contributed by atoms with Crippen molar-refractivity contribution in [2.24, 2.45) is 5.92 Å². The highest BCUT2D eigenvalue weighted by Gasteiger charge is 2.47. The lowest BCUT2D eigenvalue weighted by atomic mass is 9.81. The molecule has 29 heavy (non-hydrogen) atoms. The number of halogens is 1. The van der Waals surface area contributed by atoms with Gasteiger partial charge in [0.1, 0.15) is 5.82 Å². The van der Waals surface area contributed by atoms with Crippen LogP contribution in [0.3, 0.4) is 0 Å². The Morgan fingerprint density at radius 3 is 2.66 bits per heavy atom. The number of rotatable bonds is 5. The molecule has 2 N–H and O–H groups in total. The Morgan fingerprint density at radius 1 is 1.28 bits per heavy atom. The second-order valence-electron chi connectivity index (χ2n) is 8.67. The third-order valence-corrected chi connectivity index (χ3v) is 7.42. The fourth-order valence-electron chi connectivity index (χ4n) is 4.81. The molecule has 156 valence electrons. The molecule has 6 heteroatoms. The van der Waals surface area contributed by atoms with E-state index in [-0.39, 0.29) is 17.8 Å².